The first-order chi connectivity index (χ1) is 11.5. The molecule has 128 valence electrons. The van der Waals surface area contributed by atoms with Gasteiger partial charge in [0.25, 0.3) is 0 Å². The summed E-state index contributed by atoms with van der Waals surface area (Å²) < 4.78 is 13.0. The Kier molecular flexibility index (Phi) is 4.99. The number of aromatic nitrogens is 1. The molecule has 0 radical (unpaired) electrons. The molecule has 0 spiro atoms. The van der Waals surface area contributed by atoms with E-state index in [1.54, 1.807) is 11.3 Å². The van der Waals surface area contributed by atoms with E-state index in [0.29, 0.717) is 12.5 Å². The van der Waals surface area contributed by atoms with Crippen LogP contribution in [0.25, 0.3) is 0 Å². The SMILES string of the molecule is Cc1nc(C)c(CN=C(N)N2CCN(c3ccc(F)cc3)CC2)s1. The van der Waals surface area contributed by atoms with Gasteiger partial charge < -0.3 is 15.5 Å². The molecule has 0 atom stereocenters. The average molecular weight is 347 g/mol. The molecule has 0 saturated carbocycles. The predicted molar refractivity (Wildman–Crippen MR) is 97.1 cm³/mol. The number of anilines is 1. The Morgan fingerprint density at radius 1 is 1.21 bits per heavy atom. The van der Waals surface area contributed by atoms with Gasteiger partial charge >= 0.3 is 0 Å². The zero-order valence-electron chi connectivity index (χ0n) is 14.0. The van der Waals surface area contributed by atoms with Crippen molar-refractivity contribution in [1.82, 2.24) is 9.88 Å². The minimum Gasteiger partial charge on any atom is -0.370 e. The highest BCUT2D eigenvalue weighted by atomic mass is 32.1. The van der Waals surface area contributed by atoms with Gasteiger partial charge in [-0.25, -0.2) is 14.4 Å². The van der Waals surface area contributed by atoms with E-state index in [2.05, 4.69) is 19.8 Å². The molecule has 3 rings (SSSR count). The van der Waals surface area contributed by atoms with E-state index in [4.69, 9.17) is 5.73 Å². The van der Waals surface area contributed by atoms with Crippen LogP contribution in [-0.2, 0) is 6.54 Å². The first-order valence-corrected chi connectivity index (χ1v) is 8.83. The van der Waals surface area contributed by atoms with Gasteiger partial charge in [-0.2, -0.15) is 0 Å². The third kappa shape index (κ3) is 3.84. The van der Waals surface area contributed by atoms with Gasteiger partial charge in [-0.05, 0) is 38.1 Å². The summed E-state index contributed by atoms with van der Waals surface area (Å²) in [7, 11) is 0. The Morgan fingerprint density at radius 3 is 2.46 bits per heavy atom. The summed E-state index contributed by atoms with van der Waals surface area (Å²) in [6.45, 7) is 7.91. The Bertz CT molecular complexity index is 717. The molecule has 1 aromatic carbocycles. The third-order valence-corrected chi connectivity index (χ3v) is 5.24. The van der Waals surface area contributed by atoms with Gasteiger partial charge in [-0.3, -0.25) is 0 Å². The summed E-state index contributed by atoms with van der Waals surface area (Å²) >= 11 is 1.67. The van der Waals surface area contributed by atoms with Gasteiger partial charge in [0.15, 0.2) is 5.96 Å². The molecule has 1 aromatic heterocycles. The standard InChI is InChI=1S/C17H22FN5S/c1-12-16(24-13(2)21-12)11-20-17(19)23-9-7-22(8-10-23)15-5-3-14(18)4-6-15/h3-6H,7-11H2,1-2H3,(H2,19,20). The smallest absolute Gasteiger partial charge is 0.191 e. The number of hydrogen-bond acceptors (Lipinski definition) is 4. The van der Waals surface area contributed by atoms with Crippen LogP contribution in [-0.4, -0.2) is 42.0 Å². The first kappa shape index (κ1) is 16.7. The lowest BCUT2D eigenvalue weighted by atomic mass is 10.2. The van der Waals surface area contributed by atoms with Gasteiger partial charge in [-0.15, -0.1) is 11.3 Å². The van der Waals surface area contributed by atoms with Crippen molar-refractivity contribution in [2.75, 3.05) is 31.1 Å². The molecule has 5 nitrogen and oxygen atoms in total. The average Bonchev–Trinajstić information content (AvgIpc) is 2.91. The number of nitrogens with two attached hydrogens (primary N) is 1. The van der Waals surface area contributed by atoms with Crippen LogP contribution >= 0.6 is 11.3 Å². The largest absolute Gasteiger partial charge is 0.370 e. The molecule has 2 aromatic rings. The molecule has 0 unspecified atom stereocenters. The molecule has 24 heavy (non-hydrogen) atoms. The summed E-state index contributed by atoms with van der Waals surface area (Å²) in [5, 5.41) is 1.06. The zero-order valence-corrected chi connectivity index (χ0v) is 14.8. The zero-order chi connectivity index (χ0) is 17.1. The number of benzene rings is 1. The molecule has 0 aliphatic carbocycles. The third-order valence-electron chi connectivity index (χ3n) is 4.18. The van der Waals surface area contributed by atoms with E-state index < -0.39 is 0 Å². The van der Waals surface area contributed by atoms with Crippen LogP contribution in [0.5, 0.6) is 0 Å². The quantitative estimate of drug-likeness (QED) is 0.685. The molecule has 7 heteroatoms. The number of piperazine rings is 1. The number of halogens is 1. The van der Waals surface area contributed by atoms with Crippen molar-refractivity contribution < 1.29 is 4.39 Å². The van der Waals surface area contributed by atoms with E-state index in [1.807, 2.05) is 26.0 Å². The predicted octanol–water partition coefficient (Wildman–Crippen LogP) is 2.54. The summed E-state index contributed by atoms with van der Waals surface area (Å²) in [6.07, 6.45) is 0. The van der Waals surface area contributed by atoms with Crippen LogP contribution in [0.2, 0.25) is 0 Å². The fraction of sp³-hybridized carbons (Fsp3) is 0.412. The Hall–Kier alpha value is -2.15. The number of thiazole rings is 1. The number of aryl methyl sites for hydroxylation is 2. The lowest BCUT2D eigenvalue weighted by Crippen LogP contribution is -2.51. The fourth-order valence-corrected chi connectivity index (χ4v) is 3.68. The van der Waals surface area contributed by atoms with E-state index in [9.17, 15) is 4.39 Å². The highest BCUT2D eigenvalue weighted by Gasteiger charge is 2.18. The second-order valence-corrected chi connectivity index (χ2v) is 7.15. The molecule has 1 aliphatic rings. The van der Waals surface area contributed by atoms with Crippen molar-refractivity contribution in [2.45, 2.75) is 20.4 Å². The van der Waals surface area contributed by atoms with Crippen molar-refractivity contribution in [2.24, 2.45) is 10.7 Å². The molecule has 2 N–H and O–H groups in total. The number of guanidine groups is 1. The van der Waals surface area contributed by atoms with Crippen molar-refractivity contribution in [3.05, 3.63) is 45.7 Å². The van der Waals surface area contributed by atoms with Gasteiger partial charge in [0.2, 0.25) is 0 Å². The van der Waals surface area contributed by atoms with Gasteiger partial charge in [-0.1, -0.05) is 0 Å². The minimum atomic E-state index is -0.206. The van der Waals surface area contributed by atoms with E-state index in [1.165, 1.54) is 17.0 Å². The summed E-state index contributed by atoms with van der Waals surface area (Å²) in [4.78, 5) is 14.4. The second-order valence-electron chi connectivity index (χ2n) is 5.87. The fourth-order valence-electron chi connectivity index (χ4n) is 2.82. The monoisotopic (exact) mass is 347 g/mol. The van der Waals surface area contributed by atoms with Crippen LogP contribution in [0.4, 0.5) is 10.1 Å². The normalized spacial score (nSPS) is 15.9. The number of hydrogen-bond donors (Lipinski definition) is 1. The van der Waals surface area contributed by atoms with Crippen LogP contribution in [0, 0.1) is 19.7 Å². The van der Waals surface area contributed by atoms with Gasteiger partial charge in [0, 0.05) is 36.7 Å². The maximum absolute atomic E-state index is 13.0. The highest BCUT2D eigenvalue weighted by molar-refractivity contribution is 7.11. The lowest BCUT2D eigenvalue weighted by Gasteiger charge is -2.36. The molecule has 1 fully saturated rings. The number of rotatable bonds is 3. The summed E-state index contributed by atoms with van der Waals surface area (Å²) in [5.74, 6) is 0.376. The number of nitrogens with zero attached hydrogens (tertiary/aromatic N) is 4. The first-order valence-electron chi connectivity index (χ1n) is 8.01. The van der Waals surface area contributed by atoms with Crippen molar-refractivity contribution in [3.8, 4) is 0 Å². The molecule has 0 bridgehead atoms. The Labute approximate surface area is 145 Å². The minimum absolute atomic E-state index is 0.206. The van der Waals surface area contributed by atoms with Gasteiger partial charge in [0.1, 0.15) is 5.82 Å². The number of aliphatic imine (C=N–C) groups is 1. The van der Waals surface area contributed by atoms with Crippen LogP contribution in [0.1, 0.15) is 15.6 Å². The highest BCUT2D eigenvalue weighted by Crippen LogP contribution is 2.19. The maximum Gasteiger partial charge on any atom is 0.191 e. The maximum atomic E-state index is 13.0. The van der Waals surface area contributed by atoms with Gasteiger partial charge in [0.05, 0.1) is 17.2 Å². The molecule has 0 amide bonds. The van der Waals surface area contributed by atoms with Crippen LogP contribution < -0.4 is 10.6 Å². The summed E-state index contributed by atoms with van der Waals surface area (Å²) in [6, 6.07) is 6.63. The molecule has 1 saturated heterocycles. The van der Waals surface area contributed by atoms with E-state index in [0.717, 1.165) is 42.6 Å². The van der Waals surface area contributed by atoms with Crippen molar-refractivity contribution >= 4 is 23.0 Å². The van der Waals surface area contributed by atoms with E-state index >= 15 is 0 Å². The van der Waals surface area contributed by atoms with Crippen LogP contribution in [0.3, 0.4) is 0 Å². The lowest BCUT2D eigenvalue weighted by molar-refractivity contribution is 0.380. The van der Waals surface area contributed by atoms with Crippen molar-refractivity contribution in [1.29, 1.82) is 0 Å². The topological polar surface area (TPSA) is 57.8 Å². The molecule has 2 heterocycles. The second kappa shape index (κ2) is 7.17. The molecular weight excluding hydrogens is 325 g/mol. The molecule has 1 aliphatic heterocycles. The van der Waals surface area contributed by atoms with Crippen LogP contribution in [0.15, 0.2) is 29.3 Å². The molecular formula is C17H22FN5S. The summed E-state index contributed by atoms with van der Waals surface area (Å²) in [5.41, 5.74) is 8.23. The van der Waals surface area contributed by atoms with E-state index in [-0.39, 0.29) is 5.82 Å². The Balaban J connectivity index is 1.56. The van der Waals surface area contributed by atoms with Crippen molar-refractivity contribution in [3.63, 3.8) is 0 Å². The Morgan fingerprint density at radius 2 is 1.88 bits per heavy atom.